The first-order valence-electron chi connectivity index (χ1n) is 5.59. The van der Waals surface area contributed by atoms with E-state index >= 15 is 0 Å². The molecular weight excluding hydrogens is 246 g/mol. The highest BCUT2D eigenvalue weighted by molar-refractivity contribution is 5.60. The molecule has 0 bridgehead atoms. The number of nitrogen functional groups attached to an aromatic ring is 1. The number of hydrogen-bond acceptors (Lipinski definition) is 6. The van der Waals surface area contributed by atoms with E-state index in [-0.39, 0.29) is 5.69 Å². The molecule has 2 rings (SSSR count). The maximum atomic E-state index is 10.6. The fourth-order valence-corrected chi connectivity index (χ4v) is 1.63. The minimum Gasteiger partial charge on any atom is -0.308 e. The van der Waals surface area contributed by atoms with Gasteiger partial charge in [-0.2, -0.15) is 0 Å². The minimum atomic E-state index is -0.447. The summed E-state index contributed by atoms with van der Waals surface area (Å²) in [4.78, 5) is 18.8. The molecule has 0 fully saturated rings. The number of nitro groups is 1. The van der Waals surface area contributed by atoms with E-state index in [1.807, 2.05) is 13.8 Å². The molecule has 0 aliphatic heterocycles. The van der Waals surface area contributed by atoms with Crippen molar-refractivity contribution in [2.45, 2.75) is 13.8 Å². The van der Waals surface area contributed by atoms with Crippen molar-refractivity contribution in [3.8, 4) is 11.4 Å². The molecule has 19 heavy (non-hydrogen) atoms. The number of hydrogen-bond donors (Lipinski definition) is 2. The summed E-state index contributed by atoms with van der Waals surface area (Å²) in [5.74, 6) is 6.42. The van der Waals surface area contributed by atoms with Gasteiger partial charge in [0, 0.05) is 29.0 Å². The van der Waals surface area contributed by atoms with E-state index in [0.29, 0.717) is 17.2 Å². The standard InChI is InChI=1S/C12H13N5O2/c1-7-8(2)14-12(15-11(7)16-13)9-3-5-10(6-4-9)17(18)19/h3-6H,13H2,1-2H3,(H,14,15,16). The number of aromatic nitrogens is 2. The molecule has 98 valence electrons. The van der Waals surface area contributed by atoms with Gasteiger partial charge >= 0.3 is 0 Å². The van der Waals surface area contributed by atoms with Gasteiger partial charge in [0.1, 0.15) is 5.82 Å². The Morgan fingerprint density at radius 2 is 1.84 bits per heavy atom. The van der Waals surface area contributed by atoms with Gasteiger partial charge in [-0.25, -0.2) is 15.8 Å². The van der Waals surface area contributed by atoms with E-state index in [4.69, 9.17) is 5.84 Å². The van der Waals surface area contributed by atoms with Crippen molar-refractivity contribution in [3.63, 3.8) is 0 Å². The van der Waals surface area contributed by atoms with Crippen molar-refractivity contribution in [1.82, 2.24) is 9.97 Å². The molecule has 0 aliphatic carbocycles. The monoisotopic (exact) mass is 259 g/mol. The number of nitrogens with one attached hydrogen (secondary N) is 1. The van der Waals surface area contributed by atoms with Crippen LogP contribution in [0.25, 0.3) is 11.4 Å². The molecule has 0 unspecified atom stereocenters. The zero-order chi connectivity index (χ0) is 14.0. The van der Waals surface area contributed by atoms with Gasteiger partial charge in [0.25, 0.3) is 5.69 Å². The van der Waals surface area contributed by atoms with Crippen molar-refractivity contribution in [2.24, 2.45) is 5.84 Å². The van der Waals surface area contributed by atoms with E-state index in [1.165, 1.54) is 12.1 Å². The van der Waals surface area contributed by atoms with E-state index in [0.717, 1.165) is 11.3 Å². The van der Waals surface area contributed by atoms with Crippen molar-refractivity contribution >= 4 is 11.5 Å². The SMILES string of the molecule is Cc1nc(-c2ccc([N+](=O)[O-])cc2)nc(NN)c1C. The summed E-state index contributed by atoms with van der Waals surface area (Å²) in [6.45, 7) is 3.72. The number of nitro benzene ring substituents is 1. The summed E-state index contributed by atoms with van der Waals surface area (Å²) in [6, 6.07) is 6.07. The third kappa shape index (κ3) is 2.50. The lowest BCUT2D eigenvalue weighted by Crippen LogP contribution is -2.12. The molecule has 7 heteroatoms. The summed E-state index contributed by atoms with van der Waals surface area (Å²) in [7, 11) is 0. The molecule has 0 atom stereocenters. The number of rotatable bonds is 3. The van der Waals surface area contributed by atoms with Crippen LogP contribution in [0.3, 0.4) is 0 Å². The van der Waals surface area contributed by atoms with Crippen LogP contribution < -0.4 is 11.3 Å². The topological polar surface area (TPSA) is 107 Å². The van der Waals surface area contributed by atoms with E-state index < -0.39 is 4.92 Å². The second-order valence-corrected chi connectivity index (χ2v) is 4.05. The summed E-state index contributed by atoms with van der Waals surface area (Å²) in [6.07, 6.45) is 0. The molecule has 0 radical (unpaired) electrons. The van der Waals surface area contributed by atoms with Gasteiger partial charge in [-0.3, -0.25) is 10.1 Å². The predicted molar refractivity (Wildman–Crippen MR) is 71.4 cm³/mol. The van der Waals surface area contributed by atoms with Crippen molar-refractivity contribution in [1.29, 1.82) is 0 Å². The van der Waals surface area contributed by atoms with Crippen LogP contribution in [0.1, 0.15) is 11.3 Å². The molecule has 0 aliphatic rings. The quantitative estimate of drug-likeness (QED) is 0.495. The van der Waals surface area contributed by atoms with Gasteiger partial charge in [-0.1, -0.05) is 0 Å². The number of anilines is 1. The van der Waals surface area contributed by atoms with Crippen LogP contribution in [0.15, 0.2) is 24.3 Å². The van der Waals surface area contributed by atoms with E-state index in [1.54, 1.807) is 12.1 Å². The molecule has 0 saturated carbocycles. The van der Waals surface area contributed by atoms with Crippen LogP contribution in [0, 0.1) is 24.0 Å². The van der Waals surface area contributed by atoms with Crippen molar-refractivity contribution in [3.05, 3.63) is 45.6 Å². The molecule has 0 amide bonds. The molecular formula is C12H13N5O2. The Morgan fingerprint density at radius 1 is 1.21 bits per heavy atom. The highest BCUT2D eigenvalue weighted by atomic mass is 16.6. The number of aryl methyl sites for hydroxylation is 1. The molecule has 1 heterocycles. The van der Waals surface area contributed by atoms with Crippen LogP contribution >= 0.6 is 0 Å². The van der Waals surface area contributed by atoms with Gasteiger partial charge in [-0.15, -0.1) is 0 Å². The molecule has 7 nitrogen and oxygen atoms in total. The summed E-state index contributed by atoms with van der Waals surface area (Å²) in [5.41, 5.74) is 4.92. The summed E-state index contributed by atoms with van der Waals surface area (Å²) < 4.78 is 0. The molecule has 3 N–H and O–H groups in total. The van der Waals surface area contributed by atoms with Crippen LogP contribution in [-0.4, -0.2) is 14.9 Å². The lowest BCUT2D eigenvalue weighted by molar-refractivity contribution is -0.384. The first-order valence-corrected chi connectivity index (χ1v) is 5.59. The third-order valence-electron chi connectivity index (χ3n) is 2.86. The summed E-state index contributed by atoms with van der Waals surface area (Å²) in [5, 5.41) is 10.6. The van der Waals surface area contributed by atoms with Gasteiger partial charge in [0.2, 0.25) is 0 Å². The fraction of sp³-hybridized carbons (Fsp3) is 0.167. The Kier molecular flexibility index (Phi) is 3.39. The number of hydrazine groups is 1. The maximum Gasteiger partial charge on any atom is 0.269 e. The van der Waals surface area contributed by atoms with Crippen LogP contribution in [-0.2, 0) is 0 Å². The number of nitrogens with zero attached hydrogens (tertiary/aromatic N) is 3. The van der Waals surface area contributed by atoms with E-state index in [2.05, 4.69) is 15.4 Å². The van der Waals surface area contributed by atoms with Crippen molar-refractivity contribution in [2.75, 3.05) is 5.43 Å². The second-order valence-electron chi connectivity index (χ2n) is 4.05. The maximum absolute atomic E-state index is 10.6. The third-order valence-corrected chi connectivity index (χ3v) is 2.86. The van der Waals surface area contributed by atoms with Gasteiger partial charge in [0.15, 0.2) is 5.82 Å². The number of benzene rings is 1. The Hall–Kier alpha value is -2.54. The molecule has 1 aromatic heterocycles. The number of non-ortho nitro benzene ring substituents is 1. The fourth-order valence-electron chi connectivity index (χ4n) is 1.63. The average Bonchev–Trinajstić information content (AvgIpc) is 2.41. The minimum absolute atomic E-state index is 0.0322. The molecule has 0 spiro atoms. The first kappa shape index (κ1) is 12.9. The van der Waals surface area contributed by atoms with E-state index in [9.17, 15) is 10.1 Å². The Labute approximate surface area is 109 Å². The lowest BCUT2D eigenvalue weighted by atomic mass is 10.1. The van der Waals surface area contributed by atoms with Gasteiger partial charge in [0.05, 0.1) is 4.92 Å². The molecule has 1 aromatic carbocycles. The first-order chi connectivity index (χ1) is 9.02. The lowest BCUT2D eigenvalue weighted by Gasteiger charge is -2.09. The molecule has 0 saturated heterocycles. The zero-order valence-corrected chi connectivity index (χ0v) is 10.5. The Balaban J connectivity index is 2.47. The molecule has 2 aromatic rings. The average molecular weight is 259 g/mol. The highest BCUT2D eigenvalue weighted by Crippen LogP contribution is 2.23. The Morgan fingerprint density at radius 3 is 2.37 bits per heavy atom. The highest BCUT2D eigenvalue weighted by Gasteiger charge is 2.10. The van der Waals surface area contributed by atoms with Crippen LogP contribution in [0.5, 0.6) is 0 Å². The normalized spacial score (nSPS) is 10.3. The number of nitrogens with two attached hydrogens (primary N) is 1. The Bertz CT molecular complexity index is 625. The second kappa shape index (κ2) is 4.99. The van der Waals surface area contributed by atoms with Crippen LogP contribution in [0.4, 0.5) is 11.5 Å². The van der Waals surface area contributed by atoms with Crippen molar-refractivity contribution < 1.29 is 4.92 Å². The zero-order valence-electron chi connectivity index (χ0n) is 10.5. The summed E-state index contributed by atoms with van der Waals surface area (Å²) >= 11 is 0. The van der Waals surface area contributed by atoms with Gasteiger partial charge < -0.3 is 5.43 Å². The smallest absolute Gasteiger partial charge is 0.269 e. The predicted octanol–water partition coefficient (Wildman–Crippen LogP) is 1.95. The van der Waals surface area contributed by atoms with Crippen LogP contribution in [0.2, 0.25) is 0 Å². The largest absolute Gasteiger partial charge is 0.308 e. The van der Waals surface area contributed by atoms with Gasteiger partial charge in [-0.05, 0) is 26.0 Å².